The first-order valence-corrected chi connectivity index (χ1v) is 7.36. The predicted molar refractivity (Wildman–Crippen MR) is 78.1 cm³/mol. The Morgan fingerprint density at radius 2 is 1.94 bits per heavy atom. The second-order valence-corrected chi connectivity index (χ2v) is 7.47. The standard InChI is InChI=1S/C14H26N2OS/c1-9(13-10(2)16-11(3)18-13)15-8-12(17)7-14(4,5)6/h9,12,15,17H,7-8H2,1-6H3. The summed E-state index contributed by atoms with van der Waals surface area (Å²) in [7, 11) is 0. The summed E-state index contributed by atoms with van der Waals surface area (Å²) < 4.78 is 0. The monoisotopic (exact) mass is 270 g/mol. The number of hydrogen-bond donors (Lipinski definition) is 2. The minimum absolute atomic E-state index is 0.168. The highest BCUT2D eigenvalue weighted by atomic mass is 32.1. The number of nitrogens with zero attached hydrogens (tertiary/aromatic N) is 1. The van der Waals surface area contributed by atoms with E-state index in [0.29, 0.717) is 6.54 Å². The Hall–Kier alpha value is -0.450. The van der Waals surface area contributed by atoms with E-state index in [0.717, 1.165) is 17.1 Å². The highest BCUT2D eigenvalue weighted by Gasteiger charge is 2.18. The summed E-state index contributed by atoms with van der Waals surface area (Å²) in [6.07, 6.45) is 0.523. The second-order valence-electron chi connectivity index (χ2n) is 6.23. The minimum Gasteiger partial charge on any atom is -0.392 e. The van der Waals surface area contributed by atoms with Crippen molar-refractivity contribution >= 4 is 11.3 Å². The van der Waals surface area contributed by atoms with Crippen LogP contribution < -0.4 is 5.32 Å². The second kappa shape index (κ2) is 6.13. The number of rotatable bonds is 5. The van der Waals surface area contributed by atoms with Gasteiger partial charge in [0, 0.05) is 17.5 Å². The van der Waals surface area contributed by atoms with Gasteiger partial charge in [-0.25, -0.2) is 4.98 Å². The van der Waals surface area contributed by atoms with Crippen molar-refractivity contribution in [3.63, 3.8) is 0 Å². The fourth-order valence-corrected chi connectivity index (χ4v) is 3.09. The number of aromatic nitrogens is 1. The van der Waals surface area contributed by atoms with Crippen molar-refractivity contribution in [2.75, 3.05) is 6.54 Å². The quantitative estimate of drug-likeness (QED) is 0.863. The van der Waals surface area contributed by atoms with Gasteiger partial charge in [0.1, 0.15) is 0 Å². The number of thiazole rings is 1. The molecule has 0 aromatic carbocycles. The highest BCUT2D eigenvalue weighted by Crippen LogP contribution is 2.25. The van der Waals surface area contributed by atoms with Gasteiger partial charge in [-0.05, 0) is 32.6 Å². The summed E-state index contributed by atoms with van der Waals surface area (Å²) in [6, 6.07) is 0.255. The first-order chi connectivity index (χ1) is 8.19. The van der Waals surface area contributed by atoms with Crippen molar-refractivity contribution in [2.45, 2.75) is 60.1 Å². The van der Waals surface area contributed by atoms with Gasteiger partial charge < -0.3 is 10.4 Å². The maximum absolute atomic E-state index is 9.98. The number of aliphatic hydroxyl groups is 1. The SMILES string of the molecule is Cc1nc(C)c(C(C)NCC(O)CC(C)(C)C)s1. The fourth-order valence-electron chi connectivity index (χ4n) is 2.13. The van der Waals surface area contributed by atoms with Crippen LogP contribution in [0, 0.1) is 19.3 Å². The van der Waals surface area contributed by atoms with E-state index >= 15 is 0 Å². The van der Waals surface area contributed by atoms with Crippen LogP contribution >= 0.6 is 11.3 Å². The van der Waals surface area contributed by atoms with Gasteiger partial charge in [0.25, 0.3) is 0 Å². The van der Waals surface area contributed by atoms with E-state index < -0.39 is 0 Å². The van der Waals surface area contributed by atoms with Crippen molar-refractivity contribution in [1.82, 2.24) is 10.3 Å². The minimum atomic E-state index is -0.290. The summed E-state index contributed by atoms with van der Waals surface area (Å²) in [5.41, 5.74) is 1.27. The lowest BCUT2D eigenvalue weighted by Crippen LogP contribution is -2.31. The maximum Gasteiger partial charge on any atom is 0.0900 e. The molecule has 1 aromatic heterocycles. The normalized spacial score (nSPS) is 15.7. The zero-order valence-electron chi connectivity index (χ0n) is 12.4. The molecular formula is C14H26N2OS. The van der Waals surface area contributed by atoms with E-state index in [4.69, 9.17) is 0 Å². The molecule has 0 saturated heterocycles. The summed E-state index contributed by atoms with van der Waals surface area (Å²) >= 11 is 1.73. The largest absolute Gasteiger partial charge is 0.392 e. The Balaban J connectivity index is 2.46. The molecule has 0 bridgehead atoms. The molecular weight excluding hydrogens is 244 g/mol. The molecule has 0 radical (unpaired) electrons. The zero-order chi connectivity index (χ0) is 13.9. The Bertz CT molecular complexity index is 382. The molecule has 2 atom stereocenters. The lowest BCUT2D eigenvalue weighted by Gasteiger charge is -2.23. The summed E-state index contributed by atoms with van der Waals surface area (Å²) in [6.45, 7) is 13.3. The average molecular weight is 270 g/mol. The van der Waals surface area contributed by atoms with Gasteiger partial charge in [-0.3, -0.25) is 0 Å². The van der Waals surface area contributed by atoms with E-state index in [-0.39, 0.29) is 17.6 Å². The van der Waals surface area contributed by atoms with Gasteiger partial charge in [-0.2, -0.15) is 0 Å². The molecule has 0 aliphatic heterocycles. The third-order valence-corrected chi connectivity index (χ3v) is 4.10. The van der Waals surface area contributed by atoms with Crippen LogP contribution in [0.3, 0.4) is 0 Å². The van der Waals surface area contributed by atoms with Gasteiger partial charge in [-0.1, -0.05) is 20.8 Å². The first kappa shape index (κ1) is 15.6. The van der Waals surface area contributed by atoms with E-state index in [2.05, 4.69) is 38.0 Å². The van der Waals surface area contributed by atoms with Crippen LogP contribution in [0.1, 0.15) is 55.7 Å². The van der Waals surface area contributed by atoms with Crippen LogP contribution in [-0.4, -0.2) is 22.7 Å². The average Bonchev–Trinajstić information content (AvgIpc) is 2.52. The van der Waals surface area contributed by atoms with Crippen LogP contribution in [0.15, 0.2) is 0 Å². The number of nitrogens with one attached hydrogen (secondary N) is 1. The smallest absolute Gasteiger partial charge is 0.0900 e. The molecule has 2 N–H and O–H groups in total. The molecule has 3 nitrogen and oxygen atoms in total. The molecule has 0 saturated carbocycles. The molecule has 0 amide bonds. The van der Waals surface area contributed by atoms with Crippen molar-refractivity contribution in [1.29, 1.82) is 0 Å². The third-order valence-electron chi connectivity index (χ3n) is 2.84. The van der Waals surface area contributed by atoms with Gasteiger partial charge in [0.05, 0.1) is 16.8 Å². The molecule has 0 aliphatic carbocycles. The molecule has 1 heterocycles. The van der Waals surface area contributed by atoms with Crippen molar-refractivity contribution in [3.8, 4) is 0 Å². The predicted octanol–water partition coefficient (Wildman–Crippen LogP) is 3.21. The van der Waals surface area contributed by atoms with Crippen LogP contribution in [0.4, 0.5) is 0 Å². The molecule has 1 rings (SSSR count). The lowest BCUT2D eigenvalue weighted by atomic mass is 9.89. The van der Waals surface area contributed by atoms with E-state index in [1.54, 1.807) is 11.3 Å². The van der Waals surface area contributed by atoms with E-state index in [1.165, 1.54) is 4.88 Å². The molecule has 2 unspecified atom stereocenters. The molecule has 1 aromatic rings. The topological polar surface area (TPSA) is 45.2 Å². The van der Waals surface area contributed by atoms with Crippen molar-refractivity contribution in [2.24, 2.45) is 5.41 Å². The molecule has 18 heavy (non-hydrogen) atoms. The zero-order valence-corrected chi connectivity index (χ0v) is 13.2. The Morgan fingerprint density at radius 3 is 2.39 bits per heavy atom. The Morgan fingerprint density at radius 1 is 1.33 bits per heavy atom. The fraction of sp³-hybridized carbons (Fsp3) is 0.786. The van der Waals surface area contributed by atoms with E-state index in [1.807, 2.05) is 13.8 Å². The van der Waals surface area contributed by atoms with Gasteiger partial charge in [-0.15, -0.1) is 11.3 Å². The number of hydrogen-bond acceptors (Lipinski definition) is 4. The van der Waals surface area contributed by atoms with Crippen LogP contribution in [0.5, 0.6) is 0 Å². The first-order valence-electron chi connectivity index (χ1n) is 6.54. The van der Waals surface area contributed by atoms with Gasteiger partial charge >= 0.3 is 0 Å². The van der Waals surface area contributed by atoms with Gasteiger partial charge in [0.15, 0.2) is 0 Å². The molecule has 4 heteroatoms. The molecule has 0 fully saturated rings. The molecule has 0 aliphatic rings. The molecule has 104 valence electrons. The third kappa shape index (κ3) is 5.04. The number of aliphatic hydroxyl groups excluding tert-OH is 1. The van der Waals surface area contributed by atoms with E-state index in [9.17, 15) is 5.11 Å². The molecule has 0 spiro atoms. The highest BCUT2D eigenvalue weighted by molar-refractivity contribution is 7.11. The van der Waals surface area contributed by atoms with Gasteiger partial charge in [0.2, 0.25) is 0 Å². The Labute approximate surface area is 115 Å². The van der Waals surface area contributed by atoms with Crippen LogP contribution in [0.25, 0.3) is 0 Å². The Kier molecular flexibility index (Phi) is 5.32. The maximum atomic E-state index is 9.98. The summed E-state index contributed by atoms with van der Waals surface area (Å²) in [5, 5.41) is 14.5. The van der Waals surface area contributed by atoms with Crippen LogP contribution in [-0.2, 0) is 0 Å². The van der Waals surface area contributed by atoms with Crippen LogP contribution in [0.2, 0.25) is 0 Å². The lowest BCUT2D eigenvalue weighted by molar-refractivity contribution is 0.117. The number of aryl methyl sites for hydroxylation is 2. The van der Waals surface area contributed by atoms with Crippen molar-refractivity contribution < 1.29 is 5.11 Å². The van der Waals surface area contributed by atoms with Crippen molar-refractivity contribution in [3.05, 3.63) is 15.6 Å². The summed E-state index contributed by atoms with van der Waals surface area (Å²) in [4.78, 5) is 5.71. The summed E-state index contributed by atoms with van der Waals surface area (Å²) in [5.74, 6) is 0.